The van der Waals surface area contributed by atoms with Crippen LogP contribution in [0.5, 0.6) is 0 Å². The third-order valence-corrected chi connectivity index (χ3v) is 4.26. The lowest BCUT2D eigenvalue weighted by Gasteiger charge is -2.03. The molecular formula is C9H9ClO3S. The van der Waals surface area contributed by atoms with Crippen molar-refractivity contribution in [3.8, 4) is 0 Å². The normalized spacial score (nSPS) is 20.8. The van der Waals surface area contributed by atoms with E-state index in [9.17, 15) is 8.42 Å². The van der Waals surface area contributed by atoms with Crippen LogP contribution in [0.15, 0.2) is 29.2 Å². The smallest absolute Gasteiger partial charge is 0.182 e. The van der Waals surface area contributed by atoms with Gasteiger partial charge in [0.05, 0.1) is 28.4 Å². The third kappa shape index (κ3) is 2.08. The van der Waals surface area contributed by atoms with Crippen molar-refractivity contribution in [3.63, 3.8) is 0 Å². The first-order valence-corrected chi connectivity index (χ1v) is 6.21. The molecule has 0 bridgehead atoms. The van der Waals surface area contributed by atoms with E-state index in [-0.39, 0.29) is 21.8 Å². The van der Waals surface area contributed by atoms with E-state index in [0.29, 0.717) is 6.61 Å². The fourth-order valence-electron chi connectivity index (χ4n) is 1.20. The third-order valence-electron chi connectivity index (χ3n) is 1.98. The molecular weight excluding hydrogens is 224 g/mol. The average molecular weight is 233 g/mol. The van der Waals surface area contributed by atoms with Crippen LogP contribution in [0, 0.1) is 0 Å². The number of sulfone groups is 1. The Labute approximate surface area is 87.6 Å². The Morgan fingerprint density at radius 3 is 2.64 bits per heavy atom. The van der Waals surface area contributed by atoms with Gasteiger partial charge in [-0.1, -0.05) is 23.7 Å². The summed E-state index contributed by atoms with van der Waals surface area (Å²) in [6.07, 6.45) is -0.142. The molecule has 0 radical (unpaired) electrons. The molecule has 1 aromatic rings. The van der Waals surface area contributed by atoms with E-state index in [1.807, 2.05) is 0 Å². The lowest BCUT2D eigenvalue weighted by molar-refractivity contribution is 0.422. The first-order chi connectivity index (χ1) is 6.59. The Bertz CT molecular complexity index is 437. The molecule has 1 heterocycles. The first-order valence-electron chi connectivity index (χ1n) is 4.18. The minimum Gasteiger partial charge on any atom is -0.372 e. The van der Waals surface area contributed by atoms with Crippen LogP contribution in [0.3, 0.4) is 0 Å². The highest BCUT2D eigenvalue weighted by Crippen LogP contribution is 2.24. The van der Waals surface area contributed by atoms with Crippen LogP contribution < -0.4 is 0 Å². The molecule has 1 aliphatic rings. The summed E-state index contributed by atoms with van der Waals surface area (Å²) in [6.45, 7) is 0.531. The Morgan fingerprint density at radius 2 is 2.07 bits per heavy atom. The number of benzene rings is 1. The second kappa shape index (κ2) is 3.53. The summed E-state index contributed by atoms with van der Waals surface area (Å²) in [5.41, 5.74) is 0. The standard InChI is InChI=1S/C9H9ClO3S/c10-8-3-1-2-4-9(8)14(11,12)6-7-5-13-7/h1-4,7H,5-6H2. The summed E-state index contributed by atoms with van der Waals surface area (Å²) in [7, 11) is -3.28. The molecule has 2 rings (SSSR count). The second-order valence-corrected chi connectivity index (χ2v) is 5.58. The summed E-state index contributed by atoms with van der Waals surface area (Å²) in [5, 5.41) is 0.271. The molecule has 76 valence electrons. The van der Waals surface area contributed by atoms with Crippen LogP contribution in [0.1, 0.15) is 0 Å². The zero-order valence-electron chi connectivity index (χ0n) is 7.31. The zero-order valence-corrected chi connectivity index (χ0v) is 8.88. The Morgan fingerprint density at radius 1 is 1.43 bits per heavy atom. The van der Waals surface area contributed by atoms with Gasteiger partial charge in [-0.25, -0.2) is 8.42 Å². The van der Waals surface area contributed by atoms with E-state index in [1.165, 1.54) is 6.07 Å². The van der Waals surface area contributed by atoms with Crippen LogP contribution in [-0.2, 0) is 14.6 Å². The largest absolute Gasteiger partial charge is 0.372 e. The highest BCUT2D eigenvalue weighted by molar-refractivity contribution is 7.91. The maximum atomic E-state index is 11.7. The molecule has 0 amide bonds. The van der Waals surface area contributed by atoms with Crippen molar-refractivity contribution in [1.82, 2.24) is 0 Å². The van der Waals surface area contributed by atoms with Crippen molar-refractivity contribution in [3.05, 3.63) is 29.3 Å². The molecule has 3 nitrogen and oxygen atoms in total. The van der Waals surface area contributed by atoms with Gasteiger partial charge in [0.1, 0.15) is 0 Å². The lowest BCUT2D eigenvalue weighted by atomic mass is 10.4. The van der Waals surface area contributed by atoms with Gasteiger partial charge in [-0.05, 0) is 12.1 Å². The van der Waals surface area contributed by atoms with Gasteiger partial charge in [0, 0.05) is 0 Å². The molecule has 1 saturated heterocycles. The van der Waals surface area contributed by atoms with Crippen molar-refractivity contribution in [2.75, 3.05) is 12.4 Å². The first kappa shape index (κ1) is 9.96. The molecule has 0 spiro atoms. The SMILES string of the molecule is O=S(=O)(CC1CO1)c1ccccc1Cl. The maximum Gasteiger partial charge on any atom is 0.182 e. The van der Waals surface area contributed by atoms with E-state index < -0.39 is 9.84 Å². The van der Waals surface area contributed by atoms with Gasteiger partial charge < -0.3 is 4.74 Å². The summed E-state index contributed by atoms with van der Waals surface area (Å²) < 4.78 is 28.4. The van der Waals surface area contributed by atoms with Crippen molar-refractivity contribution < 1.29 is 13.2 Å². The van der Waals surface area contributed by atoms with Gasteiger partial charge in [0.25, 0.3) is 0 Å². The predicted octanol–water partition coefficient (Wildman–Crippen LogP) is 1.51. The van der Waals surface area contributed by atoms with E-state index in [4.69, 9.17) is 16.3 Å². The molecule has 0 saturated carbocycles. The predicted molar refractivity (Wildman–Crippen MR) is 53.2 cm³/mol. The van der Waals surface area contributed by atoms with Gasteiger partial charge in [0.15, 0.2) is 9.84 Å². The quantitative estimate of drug-likeness (QED) is 0.743. The van der Waals surface area contributed by atoms with E-state index in [1.54, 1.807) is 18.2 Å². The fraction of sp³-hybridized carbons (Fsp3) is 0.333. The summed E-state index contributed by atoms with van der Waals surface area (Å²) in [4.78, 5) is 0.192. The van der Waals surface area contributed by atoms with E-state index in [2.05, 4.69) is 0 Å². The van der Waals surface area contributed by atoms with Crippen molar-refractivity contribution in [2.24, 2.45) is 0 Å². The number of halogens is 1. The number of rotatable bonds is 3. The molecule has 1 unspecified atom stereocenters. The number of hydrogen-bond acceptors (Lipinski definition) is 3. The van der Waals surface area contributed by atoms with Gasteiger partial charge in [-0.2, -0.15) is 0 Å². The second-order valence-electron chi connectivity index (χ2n) is 3.17. The Kier molecular flexibility index (Phi) is 2.51. The summed E-state index contributed by atoms with van der Waals surface area (Å²) in [5.74, 6) is 0.0245. The van der Waals surface area contributed by atoms with E-state index >= 15 is 0 Å². The van der Waals surface area contributed by atoms with Crippen LogP contribution in [0.25, 0.3) is 0 Å². The van der Waals surface area contributed by atoms with Crippen molar-refractivity contribution >= 4 is 21.4 Å². The van der Waals surface area contributed by atoms with Crippen molar-refractivity contribution in [2.45, 2.75) is 11.0 Å². The summed E-state index contributed by atoms with van der Waals surface area (Å²) >= 11 is 5.79. The van der Waals surface area contributed by atoms with Crippen LogP contribution in [0.4, 0.5) is 0 Å². The minimum atomic E-state index is -3.28. The van der Waals surface area contributed by atoms with Gasteiger partial charge in [-0.3, -0.25) is 0 Å². The maximum absolute atomic E-state index is 11.7. The highest BCUT2D eigenvalue weighted by Gasteiger charge is 2.31. The van der Waals surface area contributed by atoms with Crippen LogP contribution in [0.2, 0.25) is 5.02 Å². The van der Waals surface area contributed by atoms with Gasteiger partial charge in [-0.15, -0.1) is 0 Å². The molecule has 1 atom stereocenters. The van der Waals surface area contributed by atoms with Crippen molar-refractivity contribution in [1.29, 1.82) is 0 Å². The molecule has 14 heavy (non-hydrogen) atoms. The van der Waals surface area contributed by atoms with Gasteiger partial charge >= 0.3 is 0 Å². The van der Waals surface area contributed by atoms with Crippen LogP contribution >= 0.6 is 11.6 Å². The van der Waals surface area contributed by atoms with Gasteiger partial charge in [0.2, 0.25) is 0 Å². The molecule has 5 heteroatoms. The zero-order chi connectivity index (χ0) is 10.2. The molecule has 1 aliphatic heterocycles. The monoisotopic (exact) mass is 232 g/mol. The fourth-order valence-corrected chi connectivity index (χ4v) is 3.20. The summed E-state index contributed by atoms with van der Waals surface area (Å²) in [6, 6.07) is 6.45. The topological polar surface area (TPSA) is 46.7 Å². The number of ether oxygens (including phenoxy) is 1. The highest BCUT2D eigenvalue weighted by atomic mass is 35.5. The minimum absolute atomic E-state index is 0.0245. The molecule has 0 N–H and O–H groups in total. The number of epoxide rings is 1. The van der Waals surface area contributed by atoms with E-state index in [0.717, 1.165) is 0 Å². The number of hydrogen-bond donors (Lipinski definition) is 0. The Hall–Kier alpha value is -0.580. The Balaban J connectivity index is 2.33. The molecule has 0 aliphatic carbocycles. The molecule has 1 aromatic carbocycles. The molecule has 0 aromatic heterocycles. The average Bonchev–Trinajstić information content (AvgIpc) is 2.88. The molecule has 1 fully saturated rings. The lowest BCUT2D eigenvalue weighted by Crippen LogP contribution is -2.12. The van der Waals surface area contributed by atoms with Crippen LogP contribution in [-0.4, -0.2) is 26.9 Å².